The number of piperidine rings is 1. The Morgan fingerprint density at radius 3 is 3.00 bits per heavy atom. The van der Waals surface area contributed by atoms with E-state index >= 15 is 0 Å². The second-order valence-electron chi connectivity index (χ2n) is 4.69. The number of nitrogens with one attached hydrogen (secondary N) is 1. The number of ether oxygens (including phenoxy) is 1. The highest BCUT2D eigenvalue weighted by Gasteiger charge is 2.40. The summed E-state index contributed by atoms with van der Waals surface area (Å²) in [6, 6.07) is 7.76. The monoisotopic (exact) mass is 217 g/mol. The van der Waals surface area contributed by atoms with Crippen LogP contribution in [0, 0.1) is 0 Å². The highest BCUT2D eigenvalue weighted by molar-refractivity contribution is 5.92. The van der Waals surface area contributed by atoms with E-state index in [0.29, 0.717) is 0 Å². The topological polar surface area (TPSA) is 38.3 Å². The van der Waals surface area contributed by atoms with E-state index in [2.05, 4.69) is 5.32 Å². The fourth-order valence-corrected chi connectivity index (χ4v) is 2.69. The summed E-state index contributed by atoms with van der Waals surface area (Å²) in [6.45, 7) is 1.81. The molecule has 1 unspecified atom stereocenters. The molecule has 3 heteroatoms. The molecular formula is C13H15NO2. The molecule has 0 aliphatic carbocycles. The van der Waals surface area contributed by atoms with Gasteiger partial charge in [-0.3, -0.25) is 0 Å². The average molecular weight is 217 g/mol. The minimum atomic E-state index is -0.288. The van der Waals surface area contributed by atoms with Gasteiger partial charge in [0.2, 0.25) is 0 Å². The standard InChI is InChI=1S/C13H15NO2/c15-12-11-5-2-1-4-10(11)8-13(16-12)6-3-7-14-9-13/h1-2,4-5,14H,3,6-9H2. The maximum atomic E-state index is 11.9. The summed E-state index contributed by atoms with van der Waals surface area (Å²) in [4.78, 5) is 11.9. The van der Waals surface area contributed by atoms with E-state index < -0.39 is 0 Å². The maximum Gasteiger partial charge on any atom is 0.339 e. The zero-order valence-electron chi connectivity index (χ0n) is 9.16. The highest BCUT2D eigenvalue weighted by Crippen LogP contribution is 2.32. The van der Waals surface area contributed by atoms with Crippen molar-refractivity contribution in [2.24, 2.45) is 0 Å². The van der Waals surface area contributed by atoms with Gasteiger partial charge in [-0.25, -0.2) is 4.79 Å². The number of hydrogen-bond donors (Lipinski definition) is 1. The van der Waals surface area contributed by atoms with Crippen LogP contribution in [-0.2, 0) is 11.2 Å². The lowest BCUT2D eigenvalue weighted by molar-refractivity contribution is -0.0360. The van der Waals surface area contributed by atoms with Gasteiger partial charge in [-0.1, -0.05) is 18.2 Å². The number of esters is 1. The van der Waals surface area contributed by atoms with E-state index in [1.54, 1.807) is 0 Å². The Kier molecular flexibility index (Phi) is 2.21. The van der Waals surface area contributed by atoms with Gasteiger partial charge in [0.1, 0.15) is 5.60 Å². The van der Waals surface area contributed by atoms with Crippen molar-refractivity contribution in [2.45, 2.75) is 24.9 Å². The SMILES string of the molecule is O=C1OC2(CCCNC2)Cc2ccccc21. The second-order valence-corrected chi connectivity index (χ2v) is 4.69. The van der Waals surface area contributed by atoms with Crippen LogP contribution in [0.5, 0.6) is 0 Å². The molecule has 16 heavy (non-hydrogen) atoms. The Bertz CT molecular complexity index is 422. The van der Waals surface area contributed by atoms with Gasteiger partial charge in [-0.15, -0.1) is 0 Å². The Morgan fingerprint density at radius 1 is 1.31 bits per heavy atom. The van der Waals surface area contributed by atoms with Crippen LogP contribution in [-0.4, -0.2) is 24.7 Å². The van der Waals surface area contributed by atoms with Crippen LogP contribution in [0.1, 0.15) is 28.8 Å². The first-order valence-corrected chi connectivity index (χ1v) is 5.81. The normalized spacial score (nSPS) is 28.6. The van der Waals surface area contributed by atoms with Crippen molar-refractivity contribution < 1.29 is 9.53 Å². The molecule has 1 aromatic rings. The van der Waals surface area contributed by atoms with Crippen molar-refractivity contribution in [3.8, 4) is 0 Å². The fraction of sp³-hybridized carbons (Fsp3) is 0.462. The van der Waals surface area contributed by atoms with E-state index in [4.69, 9.17) is 4.74 Å². The molecule has 1 spiro atoms. The lowest BCUT2D eigenvalue weighted by Gasteiger charge is -2.40. The summed E-state index contributed by atoms with van der Waals surface area (Å²) in [6.07, 6.45) is 2.90. The average Bonchev–Trinajstić information content (AvgIpc) is 2.30. The first kappa shape index (κ1) is 9.85. The zero-order chi connectivity index (χ0) is 11.0. The van der Waals surface area contributed by atoms with Crippen LogP contribution in [0.3, 0.4) is 0 Å². The molecule has 0 aromatic heterocycles. The Balaban J connectivity index is 1.96. The number of carbonyl (C=O) groups is 1. The first-order chi connectivity index (χ1) is 7.79. The lowest BCUT2D eigenvalue weighted by atomic mass is 9.83. The van der Waals surface area contributed by atoms with Crippen molar-refractivity contribution in [2.75, 3.05) is 13.1 Å². The van der Waals surface area contributed by atoms with Gasteiger partial charge in [0.15, 0.2) is 0 Å². The van der Waals surface area contributed by atoms with Crippen molar-refractivity contribution in [3.63, 3.8) is 0 Å². The summed E-state index contributed by atoms with van der Waals surface area (Å²) in [7, 11) is 0. The molecule has 84 valence electrons. The van der Waals surface area contributed by atoms with Crippen LogP contribution in [0.25, 0.3) is 0 Å². The Labute approximate surface area is 94.8 Å². The Hall–Kier alpha value is -1.35. The van der Waals surface area contributed by atoms with Gasteiger partial charge in [-0.05, 0) is 31.0 Å². The minimum absolute atomic E-state index is 0.162. The summed E-state index contributed by atoms with van der Waals surface area (Å²) in [5, 5.41) is 3.32. The summed E-state index contributed by atoms with van der Waals surface area (Å²) < 4.78 is 5.64. The predicted octanol–water partition coefficient (Wildman–Crippen LogP) is 1.52. The van der Waals surface area contributed by atoms with Gasteiger partial charge in [-0.2, -0.15) is 0 Å². The molecule has 3 nitrogen and oxygen atoms in total. The molecule has 1 aromatic carbocycles. The molecule has 2 heterocycles. The molecule has 3 rings (SSSR count). The largest absolute Gasteiger partial charge is 0.454 e. The molecule has 1 saturated heterocycles. The van der Waals surface area contributed by atoms with E-state index in [1.807, 2.05) is 24.3 Å². The number of carbonyl (C=O) groups excluding carboxylic acids is 1. The van der Waals surface area contributed by atoms with E-state index in [1.165, 1.54) is 0 Å². The smallest absolute Gasteiger partial charge is 0.339 e. The van der Waals surface area contributed by atoms with E-state index in [0.717, 1.165) is 43.5 Å². The molecule has 0 saturated carbocycles. The quantitative estimate of drug-likeness (QED) is 0.670. The minimum Gasteiger partial charge on any atom is -0.454 e. The van der Waals surface area contributed by atoms with Crippen LogP contribution >= 0.6 is 0 Å². The molecule has 1 atom stereocenters. The van der Waals surface area contributed by atoms with Gasteiger partial charge in [0, 0.05) is 13.0 Å². The summed E-state index contributed by atoms with van der Waals surface area (Å²) >= 11 is 0. The van der Waals surface area contributed by atoms with Crippen molar-refractivity contribution in [1.29, 1.82) is 0 Å². The highest BCUT2D eigenvalue weighted by atomic mass is 16.6. The van der Waals surface area contributed by atoms with E-state index in [-0.39, 0.29) is 11.6 Å². The molecule has 1 N–H and O–H groups in total. The fourth-order valence-electron chi connectivity index (χ4n) is 2.69. The van der Waals surface area contributed by atoms with Gasteiger partial charge < -0.3 is 10.1 Å². The molecular weight excluding hydrogens is 202 g/mol. The molecule has 0 amide bonds. The third-order valence-electron chi connectivity index (χ3n) is 3.49. The molecule has 1 fully saturated rings. The maximum absolute atomic E-state index is 11.9. The number of hydrogen-bond acceptors (Lipinski definition) is 3. The van der Waals surface area contributed by atoms with Crippen LogP contribution < -0.4 is 5.32 Å². The van der Waals surface area contributed by atoms with E-state index in [9.17, 15) is 4.79 Å². The third-order valence-corrected chi connectivity index (χ3v) is 3.49. The zero-order valence-corrected chi connectivity index (χ0v) is 9.16. The molecule has 0 bridgehead atoms. The number of rotatable bonds is 0. The van der Waals surface area contributed by atoms with Gasteiger partial charge in [0.25, 0.3) is 0 Å². The molecule has 0 radical (unpaired) electrons. The predicted molar refractivity (Wildman–Crippen MR) is 60.4 cm³/mol. The van der Waals surface area contributed by atoms with Gasteiger partial charge in [0.05, 0.1) is 5.56 Å². The summed E-state index contributed by atoms with van der Waals surface area (Å²) in [5.41, 5.74) is 1.57. The summed E-state index contributed by atoms with van der Waals surface area (Å²) in [5.74, 6) is -0.162. The lowest BCUT2D eigenvalue weighted by Crippen LogP contribution is -2.52. The third kappa shape index (κ3) is 1.52. The molecule has 2 aliphatic rings. The van der Waals surface area contributed by atoms with Crippen LogP contribution in [0.2, 0.25) is 0 Å². The van der Waals surface area contributed by atoms with Crippen molar-refractivity contribution >= 4 is 5.97 Å². The second kappa shape index (κ2) is 3.59. The number of benzene rings is 1. The van der Waals surface area contributed by atoms with Crippen molar-refractivity contribution in [1.82, 2.24) is 5.32 Å². The number of fused-ring (bicyclic) bond motifs is 1. The first-order valence-electron chi connectivity index (χ1n) is 5.81. The Morgan fingerprint density at radius 2 is 2.19 bits per heavy atom. The van der Waals surface area contributed by atoms with Crippen molar-refractivity contribution in [3.05, 3.63) is 35.4 Å². The van der Waals surface area contributed by atoms with Crippen LogP contribution in [0.15, 0.2) is 24.3 Å². The van der Waals surface area contributed by atoms with Gasteiger partial charge >= 0.3 is 5.97 Å². The molecule has 2 aliphatic heterocycles. The van der Waals surface area contributed by atoms with Crippen LogP contribution in [0.4, 0.5) is 0 Å².